The molecule has 0 bridgehead atoms. The molecule has 3 rings (SSSR count). The molecule has 0 atom stereocenters. The number of methoxy groups -OCH3 is 1. The number of hydrogen-bond acceptors (Lipinski definition) is 6. The minimum absolute atomic E-state index is 0.186. The van der Waals surface area contributed by atoms with Crippen molar-refractivity contribution in [2.45, 2.75) is 26.5 Å². The zero-order valence-electron chi connectivity index (χ0n) is 13.1. The summed E-state index contributed by atoms with van der Waals surface area (Å²) in [4.78, 5) is 16.9. The fourth-order valence-electron chi connectivity index (χ4n) is 2.46. The van der Waals surface area contributed by atoms with Gasteiger partial charge in [-0.05, 0) is 31.5 Å². The zero-order valence-corrected chi connectivity index (χ0v) is 13.9. The number of hydrogen-bond donors (Lipinski definition) is 1. The molecule has 23 heavy (non-hydrogen) atoms. The molecule has 3 aromatic rings. The minimum Gasteiger partial charge on any atom is -0.377 e. The molecule has 0 radical (unpaired) electrons. The molecule has 8 heteroatoms. The Balaban J connectivity index is 2.02. The normalized spacial score (nSPS) is 11.3. The zero-order chi connectivity index (χ0) is 16.4. The molecule has 0 aliphatic carbocycles. The predicted molar refractivity (Wildman–Crippen MR) is 89.0 cm³/mol. The van der Waals surface area contributed by atoms with Crippen molar-refractivity contribution in [3.63, 3.8) is 0 Å². The van der Waals surface area contributed by atoms with E-state index in [9.17, 15) is 0 Å². The van der Waals surface area contributed by atoms with Gasteiger partial charge in [-0.1, -0.05) is 0 Å². The summed E-state index contributed by atoms with van der Waals surface area (Å²) in [6.07, 6.45) is 3.32. The molecule has 0 aliphatic rings. The predicted octanol–water partition coefficient (Wildman–Crippen LogP) is 3.35. The van der Waals surface area contributed by atoms with Crippen LogP contribution in [0.3, 0.4) is 0 Å². The topological polar surface area (TPSA) is 77.8 Å². The molecule has 0 amide bonds. The molecule has 0 fully saturated rings. The van der Waals surface area contributed by atoms with Gasteiger partial charge in [-0.25, -0.2) is 19.9 Å². The maximum atomic E-state index is 5.80. The Morgan fingerprint density at radius 2 is 2.09 bits per heavy atom. The molecule has 7 nitrogen and oxygen atoms in total. The molecule has 120 valence electrons. The van der Waals surface area contributed by atoms with E-state index in [0.717, 1.165) is 16.9 Å². The summed E-state index contributed by atoms with van der Waals surface area (Å²) < 4.78 is 7.37. The lowest BCUT2D eigenvalue weighted by molar-refractivity contribution is 0.173. The average Bonchev–Trinajstić information content (AvgIpc) is 2.85. The number of anilines is 2. The van der Waals surface area contributed by atoms with Crippen molar-refractivity contribution < 1.29 is 4.74 Å². The summed E-state index contributed by atoms with van der Waals surface area (Å²) in [6, 6.07) is 3.93. The lowest BCUT2D eigenvalue weighted by atomic mass is 10.3. The van der Waals surface area contributed by atoms with Crippen LogP contribution in [0.2, 0.25) is 5.28 Å². The molecular formula is C15H17ClN6O. The van der Waals surface area contributed by atoms with Gasteiger partial charge in [-0.15, -0.1) is 0 Å². The van der Waals surface area contributed by atoms with E-state index in [-0.39, 0.29) is 11.3 Å². The van der Waals surface area contributed by atoms with Gasteiger partial charge < -0.3 is 14.6 Å². The number of nitrogens with zero attached hydrogens (tertiary/aromatic N) is 5. The Labute approximate surface area is 138 Å². The largest absolute Gasteiger partial charge is 0.377 e. The first-order valence-corrected chi connectivity index (χ1v) is 7.57. The summed E-state index contributed by atoms with van der Waals surface area (Å²) in [5.41, 5.74) is 1.82. The number of halogens is 1. The first kappa shape index (κ1) is 15.6. The highest BCUT2D eigenvalue weighted by atomic mass is 35.5. The summed E-state index contributed by atoms with van der Waals surface area (Å²) in [5.74, 6) is 2.13. The van der Waals surface area contributed by atoms with E-state index in [4.69, 9.17) is 16.3 Å². The van der Waals surface area contributed by atoms with E-state index in [1.54, 1.807) is 25.6 Å². The van der Waals surface area contributed by atoms with E-state index < -0.39 is 0 Å². The van der Waals surface area contributed by atoms with Gasteiger partial charge >= 0.3 is 0 Å². The molecular weight excluding hydrogens is 316 g/mol. The SMILES string of the molecule is COCc1nc2cnc(Nc3ccnc(Cl)n3)cc2n1C(C)C. The van der Waals surface area contributed by atoms with Crippen LogP contribution in [0.1, 0.15) is 25.7 Å². The third-order valence-electron chi connectivity index (χ3n) is 3.32. The van der Waals surface area contributed by atoms with Gasteiger partial charge in [0, 0.05) is 25.4 Å². The van der Waals surface area contributed by atoms with Crippen molar-refractivity contribution in [3.05, 3.63) is 35.6 Å². The Hall–Kier alpha value is -2.25. The van der Waals surface area contributed by atoms with Crippen LogP contribution < -0.4 is 5.32 Å². The first-order chi connectivity index (χ1) is 11.1. The van der Waals surface area contributed by atoms with Gasteiger partial charge in [0.2, 0.25) is 5.28 Å². The third-order valence-corrected chi connectivity index (χ3v) is 3.50. The Morgan fingerprint density at radius 3 is 2.78 bits per heavy atom. The first-order valence-electron chi connectivity index (χ1n) is 7.20. The van der Waals surface area contributed by atoms with Gasteiger partial charge in [0.15, 0.2) is 0 Å². The van der Waals surface area contributed by atoms with Gasteiger partial charge in [0.05, 0.1) is 11.7 Å². The van der Waals surface area contributed by atoms with Crippen molar-refractivity contribution >= 4 is 34.3 Å². The van der Waals surface area contributed by atoms with Gasteiger partial charge in [-0.3, -0.25) is 0 Å². The second-order valence-electron chi connectivity index (χ2n) is 5.32. The number of pyridine rings is 1. The van der Waals surface area contributed by atoms with Crippen molar-refractivity contribution in [1.82, 2.24) is 24.5 Å². The third kappa shape index (κ3) is 3.25. The van der Waals surface area contributed by atoms with Crippen LogP contribution in [-0.4, -0.2) is 31.6 Å². The summed E-state index contributed by atoms with van der Waals surface area (Å²) in [6.45, 7) is 4.67. The lowest BCUT2D eigenvalue weighted by Gasteiger charge is -2.13. The number of rotatable bonds is 5. The van der Waals surface area contributed by atoms with Crippen LogP contribution in [0.25, 0.3) is 11.0 Å². The second kappa shape index (κ2) is 6.47. The lowest BCUT2D eigenvalue weighted by Crippen LogP contribution is -2.07. The highest BCUT2D eigenvalue weighted by Crippen LogP contribution is 2.24. The Kier molecular flexibility index (Phi) is 4.40. The maximum absolute atomic E-state index is 5.80. The molecule has 1 N–H and O–H groups in total. The van der Waals surface area contributed by atoms with Gasteiger partial charge in [0.25, 0.3) is 0 Å². The Bertz CT molecular complexity index is 832. The van der Waals surface area contributed by atoms with Crippen LogP contribution >= 0.6 is 11.6 Å². The molecule has 0 spiro atoms. The van der Waals surface area contributed by atoms with Crippen molar-refractivity contribution in [2.24, 2.45) is 0 Å². The smallest absolute Gasteiger partial charge is 0.224 e. The summed E-state index contributed by atoms with van der Waals surface area (Å²) in [5, 5.41) is 3.31. The van der Waals surface area contributed by atoms with Gasteiger partial charge in [-0.2, -0.15) is 0 Å². The molecule has 0 unspecified atom stereocenters. The van der Waals surface area contributed by atoms with E-state index in [0.29, 0.717) is 18.2 Å². The summed E-state index contributed by atoms with van der Waals surface area (Å²) >= 11 is 5.80. The van der Waals surface area contributed by atoms with Gasteiger partial charge in [0.1, 0.15) is 29.6 Å². The van der Waals surface area contributed by atoms with Crippen LogP contribution in [-0.2, 0) is 11.3 Å². The summed E-state index contributed by atoms with van der Waals surface area (Å²) in [7, 11) is 1.66. The van der Waals surface area contributed by atoms with Crippen LogP contribution in [0.5, 0.6) is 0 Å². The minimum atomic E-state index is 0.186. The molecule has 0 aliphatic heterocycles. The Morgan fingerprint density at radius 1 is 1.26 bits per heavy atom. The fraction of sp³-hybridized carbons (Fsp3) is 0.333. The van der Waals surface area contributed by atoms with Crippen molar-refractivity contribution in [1.29, 1.82) is 0 Å². The van der Waals surface area contributed by atoms with E-state index >= 15 is 0 Å². The average molecular weight is 333 g/mol. The second-order valence-corrected chi connectivity index (χ2v) is 5.66. The van der Waals surface area contributed by atoms with Crippen LogP contribution in [0.15, 0.2) is 24.5 Å². The number of aromatic nitrogens is 5. The molecule has 3 aromatic heterocycles. The highest BCUT2D eigenvalue weighted by molar-refractivity contribution is 6.28. The quantitative estimate of drug-likeness (QED) is 0.722. The molecule has 3 heterocycles. The highest BCUT2D eigenvalue weighted by Gasteiger charge is 2.14. The molecule has 0 aromatic carbocycles. The van der Waals surface area contributed by atoms with Crippen LogP contribution in [0.4, 0.5) is 11.6 Å². The van der Waals surface area contributed by atoms with Crippen molar-refractivity contribution in [3.8, 4) is 0 Å². The van der Waals surface area contributed by atoms with E-state index in [2.05, 4.69) is 43.7 Å². The fourth-order valence-corrected chi connectivity index (χ4v) is 2.61. The van der Waals surface area contributed by atoms with E-state index in [1.165, 1.54) is 0 Å². The number of fused-ring (bicyclic) bond motifs is 1. The standard InChI is InChI=1S/C15H17ClN6O/c1-9(2)22-11-6-13(20-12-4-5-17-15(16)21-12)18-7-10(11)19-14(22)8-23-3/h4-7,9H,8H2,1-3H3,(H,17,18,20,21). The van der Waals surface area contributed by atoms with Crippen molar-refractivity contribution in [2.75, 3.05) is 12.4 Å². The number of ether oxygens (including phenoxy) is 1. The monoisotopic (exact) mass is 332 g/mol. The van der Waals surface area contributed by atoms with E-state index in [1.807, 2.05) is 6.07 Å². The molecule has 0 saturated heterocycles. The van der Waals surface area contributed by atoms with Crippen LogP contribution in [0, 0.1) is 0 Å². The maximum Gasteiger partial charge on any atom is 0.224 e. The molecule has 0 saturated carbocycles. The number of imidazole rings is 1. The number of nitrogens with one attached hydrogen (secondary N) is 1.